The molecule has 1 atom stereocenters. The molecule has 0 aromatic heterocycles. The molecule has 1 unspecified atom stereocenters. The third kappa shape index (κ3) is 3.46. The topological polar surface area (TPSA) is 69.7 Å². The predicted octanol–water partition coefficient (Wildman–Crippen LogP) is 4.06. The Morgan fingerprint density at radius 3 is 2.80 bits per heavy atom. The highest BCUT2D eigenvalue weighted by molar-refractivity contribution is 8.02. The van der Waals surface area contributed by atoms with E-state index in [0.29, 0.717) is 30.1 Å². The molecule has 1 fully saturated rings. The van der Waals surface area contributed by atoms with Gasteiger partial charge in [0.25, 0.3) is 5.91 Å². The molecule has 30 heavy (non-hydrogen) atoms. The van der Waals surface area contributed by atoms with Crippen molar-refractivity contribution in [2.45, 2.75) is 36.5 Å². The van der Waals surface area contributed by atoms with Crippen molar-refractivity contribution in [1.82, 2.24) is 4.90 Å². The predicted molar refractivity (Wildman–Crippen MR) is 119 cm³/mol. The summed E-state index contributed by atoms with van der Waals surface area (Å²) >= 11 is 7.44. The minimum absolute atomic E-state index is 0.0594. The van der Waals surface area contributed by atoms with Crippen molar-refractivity contribution in [3.05, 3.63) is 53.1 Å². The number of nitrogens with zero attached hydrogens (tertiary/aromatic N) is 2. The smallest absolute Gasteiger partial charge is 0.260 e. The highest BCUT2D eigenvalue weighted by Gasteiger charge is 2.58. The molecule has 156 valence electrons. The lowest BCUT2D eigenvalue weighted by Gasteiger charge is -2.34. The van der Waals surface area contributed by atoms with Crippen LogP contribution in [-0.4, -0.2) is 40.6 Å². The number of aryl methyl sites for hydroxylation is 1. The second-order valence-electron chi connectivity index (χ2n) is 7.41. The van der Waals surface area contributed by atoms with E-state index in [1.54, 1.807) is 17.0 Å². The lowest BCUT2D eigenvalue weighted by atomic mass is 10.1. The van der Waals surface area contributed by atoms with Crippen molar-refractivity contribution in [1.29, 1.82) is 0 Å². The third-order valence-corrected chi connectivity index (χ3v) is 7.18. The second-order valence-corrected chi connectivity index (χ2v) is 9.17. The van der Waals surface area contributed by atoms with Crippen LogP contribution in [0.3, 0.4) is 0 Å². The van der Waals surface area contributed by atoms with Gasteiger partial charge in [-0.2, -0.15) is 0 Å². The van der Waals surface area contributed by atoms with Gasteiger partial charge in [0.1, 0.15) is 0 Å². The standard InChI is InChI=1S/C22H22ClN3O3S/c1-3-25(13-19(27)24-16-12-15(23)9-8-14(16)2)21(29)22-11-10-20(28)26(22)17-6-4-5-7-18(17)30-22/h4-9,12H,3,10-11,13H2,1-2H3,(H,24,27). The van der Waals surface area contributed by atoms with Crippen LogP contribution < -0.4 is 10.2 Å². The molecule has 2 heterocycles. The minimum atomic E-state index is -1.01. The van der Waals surface area contributed by atoms with Crippen LogP contribution >= 0.6 is 23.4 Å². The van der Waals surface area contributed by atoms with Crippen molar-refractivity contribution in [3.63, 3.8) is 0 Å². The van der Waals surface area contributed by atoms with Crippen molar-refractivity contribution in [2.75, 3.05) is 23.3 Å². The SMILES string of the molecule is CCN(CC(=O)Nc1cc(Cl)ccc1C)C(=O)C12CCC(=O)N1c1ccccc1S2. The molecule has 4 rings (SSSR count). The van der Waals surface area contributed by atoms with E-state index in [1.807, 2.05) is 44.2 Å². The fourth-order valence-electron chi connectivity index (χ4n) is 3.95. The van der Waals surface area contributed by atoms with Crippen molar-refractivity contribution < 1.29 is 14.4 Å². The van der Waals surface area contributed by atoms with Crippen LogP contribution in [0.4, 0.5) is 11.4 Å². The van der Waals surface area contributed by atoms with Crippen molar-refractivity contribution in [2.24, 2.45) is 0 Å². The van der Waals surface area contributed by atoms with Gasteiger partial charge in [0.2, 0.25) is 11.8 Å². The summed E-state index contributed by atoms with van der Waals surface area (Å²) in [6.45, 7) is 3.98. The number of para-hydroxylation sites is 1. The molecule has 1 saturated heterocycles. The number of benzene rings is 2. The minimum Gasteiger partial charge on any atom is -0.331 e. The Balaban J connectivity index is 1.55. The molecule has 3 amide bonds. The quantitative estimate of drug-likeness (QED) is 0.756. The Bertz CT molecular complexity index is 1040. The first-order chi connectivity index (χ1) is 14.4. The van der Waals surface area contributed by atoms with Gasteiger partial charge in [0.05, 0.1) is 12.2 Å². The molecule has 2 aromatic carbocycles. The maximum absolute atomic E-state index is 13.6. The number of halogens is 1. The summed E-state index contributed by atoms with van der Waals surface area (Å²) in [6.07, 6.45) is 0.744. The zero-order valence-corrected chi connectivity index (χ0v) is 18.3. The Hall–Kier alpha value is -2.51. The summed E-state index contributed by atoms with van der Waals surface area (Å²) in [4.78, 5) is 42.0. The van der Waals surface area contributed by atoms with Gasteiger partial charge >= 0.3 is 0 Å². The number of nitrogens with one attached hydrogen (secondary N) is 1. The molecular formula is C22H22ClN3O3S. The Kier molecular flexibility index (Phi) is 5.51. The Morgan fingerprint density at radius 2 is 2.03 bits per heavy atom. The van der Waals surface area contributed by atoms with Crippen LogP contribution in [0.15, 0.2) is 47.4 Å². The summed E-state index contributed by atoms with van der Waals surface area (Å²) < 4.78 is 0. The number of thioether (sulfide) groups is 1. The molecule has 2 aliphatic rings. The fourth-order valence-corrected chi connectivity index (χ4v) is 5.61. The van der Waals surface area contributed by atoms with E-state index in [-0.39, 0.29) is 24.3 Å². The largest absolute Gasteiger partial charge is 0.331 e. The third-order valence-electron chi connectivity index (χ3n) is 5.48. The first kappa shape index (κ1) is 20.8. The van der Waals surface area contributed by atoms with E-state index in [1.165, 1.54) is 16.7 Å². The van der Waals surface area contributed by atoms with Crippen LogP contribution in [0.5, 0.6) is 0 Å². The summed E-state index contributed by atoms with van der Waals surface area (Å²) in [6, 6.07) is 12.8. The van der Waals surface area contributed by atoms with Crippen LogP contribution in [0.1, 0.15) is 25.3 Å². The maximum Gasteiger partial charge on any atom is 0.260 e. The zero-order valence-electron chi connectivity index (χ0n) is 16.8. The number of rotatable bonds is 5. The van der Waals surface area contributed by atoms with Gasteiger partial charge in [0, 0.05) is 28.6 Å². The number of hydrogen-bond donors (Lipinski definition) is 1. The number of carbonyl (C=O) groups excluding carboxylic acids is 3. The Labute approximate surface area is 184 Å². The lowest BCUT2D eigenvalue weighted by Crippen LogP contribution is -2.55. The van der Waals surface area contributed by atoms with E-state index in [4.69, 9.17) is 11.6 Å². The molecule has 6 nitrogen and oxygen atoms in total. The molecule has 8 heteroatoms. The number of amides is 3. The number of hydrogen-bond acceptors (Lipinski definition) is 4. The first-order valence-corrected chi connectivity index (χ1v) is 11.0. The first-order valence-electron chi connectivity index (χ1n) is 9.82. The van der Waals surface area contributed by atoms with E-state index in [2.05, 4.69) is 5.32 Å². The fraction of sp³-hybridized carbons (Fsp3) is 0.318. The molecule has 0 saturated carbocycles. The second kappa shape index (κ2) is 7.96. The Morgan fingerprint density at radius 1 is 1.27 bits per heavy atom. The van der Waals surface area contributed by atoms with Crippen molar-refractivity contribution in [3.8, 4) is 0 Å². The monoisotopic (exact) mass is 443 g/mol. The average Bonchev–Trinajstić information content (AvgIpc) is 3.24. The molecule has 0 bridgehead atoms. The number of anilines is 2. The highest BCUT2D eigenvalue weighted by Crippen LogP contribution is 2.56. The van der Waals surface area contributed by atoms with Gasteiger partial charge in [-0.25, -0.2) is 0 Å². The number of carbonyl (C=O) groups is 3. The van der Waals surface area contributed by atoms with Gasteiger partial charge in [-0.05, 0) is 50.1 Å². The summed E-state index contributed by atoms with van der Waals surface area (Å²) in [7, 11) is 0. The van der Waals surface area contributed by atoms with Crippen LogP contribution in [0.2, 0.25) is 5.02 Å². The summed E-state index contributed by atoms with van der Waals surface area (Å²) in [5.74, 6) is -0.575. The van der Waals surface area contributed by atoms with Gasteiger partial charge in [-0.3, -0.25) is 19.3 Å². The summed E-state index contributed by atoms with van der Waals surface area (Å²) in [5.41, 5.74) is 2.28. The van der Waals surface area contributed by atoms with Gasteiger partial charge in [-0.15, -0.1) is 0 Å². The maximum atomic E-state index is 13.6. The lowest BCUT2D eigenvalue weighted by molar-refractivity contribution is -0.136. The molecule has 2 aromatic rings. The van der Waals surface area contributed by atoms with Gasteiger partial charge in [0.15, 0.2) is 4.87 Å². The molecule has 0 aliphatic carbocycles. The van der Waals surface area contributed by atoms with E-state index in [9.17, 15) is 14.4 Å². The van der Waals surface area contributed by atoms with Crippen LogP contribution in [-0.2, 0) is 14.4 Å². The summed E-state index contributed by atoms with van der Waals surface area (Å²) in [5, 5.41) is 3.37. The van der Waals surface area contributed by atoms with E-state index in [0.717, 1.165) is 16.1 Å². The van der Waals surface area contributed by atoms with Crippen LogP contribution in [0.25, 0.3) is 0 Å². The highest BCUT2D eigenvalue weighted by atomic mass is 35.5. The molecule has 0 radical (unpaired) electrons. The molecule has 2 aliphatic heterocycles. The van der Waals surface area contributed by atoms with Crippen LogP contribution in [0, 0.1) is 6.92 Å². The van der Waals surface area contributed by atoms with Gasteiger partial charge < -0.3 is 10.2 Å². The van der Waals surface area contributed by atoms with Crippen molar-refractivity contribution >= 4 is 52.5 Å². The average molecular weight is 444 g/mol. The zero-order chi connectivity index (χ0) is 21.5. The van der Waals surface area contributed by atoms with Gasteiger partial charge in [-0.1, -0.05) is 41.6 Å². The van der Waals surface area contributed by atoms with E-state index >= 15 is 0 Å². The normalized spacial score (nSPS) is 19.4. The molecule has 1 N–H and O–H groups in total. The molecule has 0 spiro atoms. The molecular weight excluding hydrogens is 422 g/mol. The number of fused-ring (bicyclic) bond motifs is 3. The number of likely N-dealkylation sites (N-methyl/N-ethyl adjacent to an activating group) is 1. The van der Waals surface area contributed by atoms with E-state index < -0.39 is 4.87 Å².